The molecule has 1 aromatic carbocycles. The molecule has 0 saturated carbocycles. The van der Waals surface area contributed by atoms with Gasteiger partial charge in [-0.05, 0) is 44.4 Å². The zero-order valence-electron chi connectivity index (χ0n) is 14.0. The molecule has 3 rings (SSSR count). The van der Waals surface area contributed by atoms with E-state index in [1.165, 1.54) is 12.1 Å². The molecule has 0 aliphatic carbocycles. The smallest absolute Gasteiger partial charge is 0.257 e. The largest absolute Gasteiger partial charge is 0.376 e. The molecular formula is C18H22FN3O2. The first-order valence-corrected chi connectivity index (χ1v) is 8.21. The summed E-state index contributed by atoms with van der Waals surface area (Å²) in [5.41, 5.74) is 2.94. The Morgan fingerprint density at radius 1 is 1.38 bits per heavy atom. The van der Waals surface area contributed by atoms with E-state index in [0.717, 1.165) is 30.7 Å². The van der Waals surface area contributed by atoms with Crippen LogP contribution in [0.25, 0.3) is 0 Å². The van der Waals surface area contributed by atoms with E-state index >= 15 is 0 Å². The van der Waals surface area contributed by atoms with Gasteiger partial charge < -0.3 is 9.64 Å². The van der Waals surface area contributed by atoms with Crippen molar-refractivity contribution < 1.29 is 13.9 Å². The molecule has 0 bridgehead atoms. The minimum absolute atomic E-state index is 0.0573. The summed E-state index contributed by atoms with van der Waals surface area (Å²) >= 11 is 0. The van der Waals surface area contributed by atoms with Crippen molar-refractivity contribution in [2.75, 3.05) is 13.2 Å². The van der Waals surface area contributed by atoms with Crippen molar-refractivity contribution in [1.82, 2.24) is 15.1 Å². The second-order valence-electron chi connectivity index (χ2n) is 6.26. The van der Waals surface area contributed by atoms with Gasteiger partial charge in [0.25, 0.3) is 5.91 Å². The first-order chi connectivity index (χ1) is 11.5. The molecule has 6 heteroatoms. The third kappa shape index (κ3) is 3.64. The molecule has 1 aliphatic rings. The van der Waals surface area contributed by atoms with E-state index in [1.54, 1.807) is 17.0 Å². The van der Waals surface area contributed by atoms with Gasteiger partial charge in [0.1, 0.15) is 5.82 Å². The first kappa shape index (κ1) is 16.6. The monoisotopic (exact) mass is 331 g/mol. The summed E-state index contributed by atoms with van der Waals surface area (Å²) in [6.07, 6.45) is 2.03. The van der Waals surface area contributed by atoms with Crippen LogP contribution in [0.1, 0.15) is 40.2 Å². The number of ether oxygens (including phenoxy) is 1. The van der Waals surface area contributed by atoms with E-state index in [2.05, 4.69) is 10.2 Å². The maximum Gasteiger partial charge on any atom is 0.257 e. The predicted octanol–water partition coefficient (Wildman–Crippen LogP) is 2.99. The van der Waals surface area contributed by atoms with Crippen LogP contribution in [0.2, 0.25) is 0 Å². The van der Waals surface area contributed by atoms with Crippen LogP contribution in [0.4, 0.5) is 4.39 Å². The quantitative estimate of drug-likeness (QED) is 0.916. The van der Waals surface area contributed by atoms with Crippen LogP contribution in [-0.2, 0) is 11.3 Å². The second-order valence-corrected chi connectivity index (χ2v) is 6.26. The number of halogens is 1. The fourth-order valence-corrected chi connectivity index (χ4v) is 3.09. The third-order valence-corrected chi connectivity index (χ3v) is 4.36. The van der Waals surface area contributed by atoms with Gasteiger partial charge in [-0.25, -0.2) is 4.39 Å². The molecule has 1 aliphatic heterocycles. The average Bonchev–Trinajstić information content (AvgIpc) is 3.18. The summed E-state index contributed by atoms with van der Waals surface area (Å²) in [5, 5.41) is 6.98. The number of H-pyrrole nitrogens is 1. The number of aryl methyl sites for hydroxylation is 2. The van der Waals surface area contributed by atoms with E-state index in [1.807, 2.05) is 13.8 Å². The van der Waals surface area contributed by atoms with Crippen LogP contribution in [0.15, 0.2) is 24.3 Å². The fourth-order valence-electron chi connectivity index (χ4n) is 3.09. The third-order valence-electron chi connectivity index (χ3n) is 4.36. The highest BCUT2D eigenvalue weighted by Crippen LogP contribution is 2.19. The zero-order valence-corrected chi connectivity index (χ0v) is 14.0. The summed E-state index contributed by atoms with van der Waals surface area (Å²) in [5.74, 6) is -0.351. The first-order valence-electron chi connectivity index (χ1n) is 8.21. The average molecular weight is 331 g/mol. The molecule has 2 aromatic rings. The van der Waals surface area contributed by atoms with Crippen LogP contribution in [0, 0.1) is 19.7 Å². The van der Waals surface area contributed by atoms with E-state index in [-0.39, 0.29) is 17.8 Å². The molecule has 1 amide bonds. The molecule has 128 valence electrons. The number of carbonyl (C=O) groups is 1. The highest BCUT2D eigenvalue weighted by Gasteiger charge is 2.26. The molecular weight excluding hydrogens is 309 g/mol. The number of hydrogen-bond donors (Lipinski definition) is 1. The van der Waals surface area contributed by atoms with E-state index in [9.17, 15) is 9.18 Å². The predicted molar refractivity (Wildman–Crippen MR) is 88.2 cm³/mol. The molecule has 1 N–H and O–H groups in total. The highest BCUT2D eigenvalue weighted by molar-refractivity contribution is 5.96. The SMILES string of the molecule is Cc1n[nH]c(C)c1C(=O)N(Cc1ccc(F)cc1)CC1CCCO1. The highest BCUT2D eigenvalue weighted by atomic mass is 19.1. The van der Waals surface area contributed by atoms with Crippen molar-refractivity contribution in [2.45, 2.75) is 39.3 Å². The number of aromatic nitrogens is 2. The number of benzene rings is 1. The van der Waals surface area contributed by atoms with Gasteiger partial charge in [-0.3, -0.25) is 9.89 Å². The lowest BCUT2D eigenvalue weighted by atomic mass is 10.1. The Hall–Kier alpha value is -2.21. The molecule has 1 atom stereocenters. The zero-order chi connectivity index (χ0) is 17.1. The Bertz CT molecular complexity index is 686. The lowest BCUT2D eigenvalue weighted by Crippen LogP contribution is -2.37. The second kappa shape index (κ2) is 7.13. The number of carbonyl (C=O) groups excluding carboxylic acids is 1. The number of rotatable bonds is 5. The lowest BCUT2D eigenvalue weighted by Gasteiger charge is -2.26. The van der Waals surface area contributed by atoms with Crippen molar-refractivity contribution in [2.24, 2.45) is 0 Å². The van der Waals surface area contributed by atoms with Crippen LogP contribution in [0.3, 0.4) is 0 Å². The molecule has 5 nitrogen and oxygen atoms in total. The Morgan fingerprint density at radius 3 is 2.71 bits per heavy atom. The van der Waals surface area contributed by atoms with Crippen molar-refractivity contribution in [3.8, 4) is 0 Å². The minimum atomic E-state index is -0.280. The van der Waals surface area contributed by atoms with Crippen molar-refractivity contribution >= 4 is 5.91 Å². The maximum atomic E-state index is 13.1. The summed E-state index contributed by atoms with van der Waals surface area (Å²) in [7, 11) is 0. The molecule has 1 saturated heterocycles. The standard InChI is InChI=1S/C18H22FN3O2/c1-12-17(13(2)21-20-12)18(23)22(11-16-4-3-9-24-16)10-14-5-7-15(19)8-6-14/h5-8,16H,3-4,9-11H2,1-2H3,(H,20,21). The van der Waals surface area contributed by atoms with Gasteiger partial charge in [0, 0.05) is 25.4 Å². The van der Waals surface area contributed by atoms with Crippen molar-refractivity contribution in [1.29, 1.82) is 0 Å². The molecule has 0 spiro atoms. The van der Waals surface area contributed by atoms with Gasteiger partial charge in [0.15, 0.2) is 0 Å². The molecule has 0 radical (unpaired) electrons. The Labute approximate surface area is 140 Å². The lowest BCUT2D eigenvalue weighted by molar-refractivity contribution is 0.0506. The van der Waals surface area contributed by atoms with Crippen LogP contribution < -0.4 is 0 Å². The minimum Gasteiger partial charge on any atom is -0.376 e. The number of nitrogens with zero attached hydrogens (tertiary/aromatic N) is 2. The summed E-state index contributed by atoms with van der Waals surface area (Å²) < 4.78 is 18.8. The number of nitrogens with one attached hydrogen (secondary N) is 1. The van der Waals surface area contributed by atoms with Gasteiger partial charge in [-0.15, -0.1) is 0 Å². The van der Waals surface area contributed by atoms with Crippen LogP contribution >= 0.6 is 0 Å². The summed E-state index contributed by atoms with van der Waals surface area (Å²) in [4.78, 5) is 14.8. The van der Waals surface area contributed by atoms with Gasteiger partial charge in [-0.1, -0.05) is 12.1 Å². The number of aromatic amines is 1. The van der Waals surface area contributed by atoms with E-state index in [4.69, 9.17) is 4.74 Å². The molecule has 1 unspecified atom stereocenters. The van der Waals surface area contributed by atoms with Crippen LogP contribution in [0.5, 0.6) is 0 Å². The topological polar surface area (TPSA) is 58.2 Å². The molecule has 1 aromatic heterocycles. The number of amides is 1. The molecule has 1 fully saturated rings. The Balaban J connectivity index is 1.83. The summed E-state index contributed by atoms with van der Waals surface area (Å²) in [6.45, 7) is 5.35. The van der Waals surface area contributed by atoms with E-state index < -0.39 is 0 Å². The van der Waals surface area contributed by atoms with Crippen molar-refractivity contribution in [3.63, 3.8) is 0 Å². The van der Waals surface area contributed by atoms with Gasteiger partial charge >= 0.3 is 0 Å². The van der Waals surface area contributed by atoms with Gasteiger partial charge in [-0.2, -0.15) is 5.10 Å². The Kier molecular flexibility index (Phi) is 4.94. The normalized spacial score (nSPS) is 17.2. The molecule has 24 heavy (non-hydrogen) atoms. The van der Waals surface area contributed by atoms with E-state index in [0.29, 0.717) is 24.3 Å². The maximum absolute atomic E-state index is 13.1. The Morgan fingerprint density at radius 2 is 2.12 bits per heavy atom. The number of hydrogen-bond acceptors (Lipinski definition) is 3. The van der Waals surface area contributed by atoms with Crippen LogP contribution in [-0.4, -0.2) is 40.3 Å². The van der Waals surface area contributed by atoms with Gasteiger partial charge in [0.05, 0.1) is 17.4 Å². The fraction of sp³-hybridized carbons (Fsp3) is 0.444. The van der Waals surface area contributed by atoms with Gasteiger partial charge in [0.2, 0.25) is 0 Å². The van der Waals surface area contributed by atoms with Crippen molar-refractivity contribution in [3.05, 3.63) is 52.6 Å². The molecule has 2 heterocycles. The summed E-state index contributed by atoms with van der Waals surface area (Å²) in [6, 6.07) is 6.25.